The summed E-state index contributed by atoms with van der Waals surface area (Å²) in [4.78, 5) is 11.0. The Balaban J connectivity index is 1.25. The van der Waals surface area contributed by atoms with Crippen LogP contribution in [0.4, 0.5) is 19.0 Å². The summed E-state index contributed by atoms with van der Waals surface area (Å²) in [5.41, 5.74) is 4.95. The van der Waals surface area contributed by atoms with Gasteiger partial charge in [0.25, 0.3) is 5.89 Å². The molecule has 0 spiro atoms. The van der Waals surface area contributed by atoms with Gasteiger partial charge in [0.1, 0.15) is 11.6 Å². The lowest BCUT2D eigenvalue weighted by Gasteiger charge is -2.18. The zero-order chi connectivity index (χ0) is 27.7. The quantitative estimate of drug-likeness (QED) is 0.274. The number of anilines is 1. The van der Waals surface area contributed by atoms with Gasteiger partial charge in [-0.05, 0) is 55.8 Å². The Bertz CT molecular complexity index is 1570. The summed E-state index contributed by atoms with van der Waals surface area (Å²) in [6.07, 6.45) is -0.932. The largest absolute Gasteiger partial charge is 0.573 e. The molecule has 4 aromatic heterocycles. The summed E-state index contributed by atoms with van der Waals surface area (Å²) in [5, 5.41) is 12.9. The molecule has 0 amide bonds. The Labute approximate surface area is 221 Å². The highest BCUT2D eigenvalue weighted by Gasteiger charge is 2.31. The van der Waals surface area contributed by atoms with Gasteiger partial charge in [-0.3, -0.25) is 9.36 Å². The summed E-state index contributed by atoms with van der Waals surface area (Å²) in [6.45, 7) is 5.10. The number of benzene rings is 1. The predicted molar refractivity (Wildman–Crippen MR) is 136 cm³/mol. The van der Waals surface area contributed by atoms with Crippen molar-refractivity contribution in [3.63, 3.8) is 0 Å². The molecule has 0 aliphatic heterocycles. The first-order valence-electron chi connectivity index (χ1n) is 11.9. The molecule has 5 aromatic rings. The van der Waals surface area contributed by atoms with E-state index in [-0.39, 0.29) is 17.5 Å². The molecule has 39 heavy (non-hydrogen) atoms. The van der Waals surface area contributed by atoms with E-state index in [0.717, 1.165) is 28.3 Å². The van der Waals surface area contributed by atoms with E-state index in [1.165, 1.54) is 24.3 Å². The lowest BCUT2D eigenvalue weighted by atomic mass is 10.2. The van der Waals surface area contributed by atoms with E-state index in [2.05, 4.69) is 35.0 Å². The predicted octanol–water partition coefficient (Wildman–Crippen LogP) is 4.93. The van der Waals surface area contributed by atoms with Crippen molar-refractivity contribution in [1.82, 2.24) is 34.7 Å². The molecule has 0 saturated heterocycles. The minimum absolute atomic E-state index is 0.197. The summed E-state index contributed by atoms with van der Waals surface area (Å²) in [5.74, 6) is 0.933. The molecule has 0 fully saturated rings. The van der Waals surface area contributed by atoms with Crippen LogP contribution in [0.15, 0.2) is 59.4 Å². The van der Waals surface area contributed by atoms with Gasteiger partial charge in [0.05, 0.1) is 12.2 Å². The van der Waals surface area contributed by atoms with E-state index in [0.29, 0.717) is 24.3 Å². The van der Waals surface area contributed by atoms with Crippen molar-refractivity contribution in [1.29, 1.82) is 0 Å². The van der Waals surface area contributed by atoms with Gasteiger partial charge in [-0.25, -0.2) is 4.98 Å². The highest BCUT2D eigenvalue weighted by Crippen LogP contribution is 2.27. The normalized spacial score (nSPS) is 11.7. The fourth-order valence-electron chi connectivity index (χ4n) is 4.07. The first kappa shape index (κ1) is 25.9. The van der Waals surface area contributed by atoms with Crippen LogP contribution in [-0.2, 0) is 20.1 Å². The number of alkyl halides is 3. The molecular formula is C26H25F3N8O2. The van der Waals surface area contributed by atoms with Gasteiger partial charge in [0.2, 0.25) is 5.82 Å². The molecule has 0 bridgehead atoms. The van der Waals surface area contributed by atoms with Crippen molar-refractivity contribution in [2.75, 3.05) is 11.9 Å². The monoisotopic (exact) mass is 538 g/mol. The first-order chi connectivity index (χ1) is 18.5. The second kappa shape index (κ2) is 10.2. The van der Waals surface area contributed by atoms with Crippen molar-refractivity contribution in [3.05, 3.63) is 77.4 Å². The van der Waals surface area contributed by atoms with E-state index in [1.54, 1.807) is 4.68 Å². The maximum atomic E-state index is 12.4. The number of rotatable bonds is 8. The number of hydrogen-bond donors (Lipinski definition) is 0. The van der Waals surface area contributed by atoms with Crippen molar-refractivity contribution < 1.29 is 22.4 Å². The Morgan fingerprint density at radius 3 is 2.46 bits per heavy atom. The molecule has 5 rings (SSSR count). The molecule has 0 aliphatic carbocycles. The molecule has 0 radical (unpaired) electrons. The van der Waals surface area contributed by atoms with Gasteiger partial charge in [0.15, 0.2) is 5.69 Å². The number of halogens is 3. The zero-order valence-corrected chi connectivity index (χ0v) is 21.6. The Hall–Kier alpha value is -4.68. The summed E-state index contributed by atoms with van der Waals surface area (Å²) in [6, 6.07) is 11.0. The Morgan fingerprint density at radius 2 is 1.82 bits per heavy atom. The van der Waals surface area contributed by atoms with Gasteiger partial charge in [0, 0.05) is 49.9 Å². The third-order valence-corrected chi connectivity index (χ3v) is 6.03. The van der Waals surface area contributed by atoms with Crippen LogP contribution < -0.4 is 9.64 Å². The molecule has 4 heterocycles. The third-order valence-electron chi connectivity index (χ3n) is 6.03. The molecule has 10 nitrogen and oxygen atoms in total. The maximum Gasteiger partial charge on any atom is 0.573 e. The van der Waals surface area contributed by atoms with Crippen molar-refractivity contribution in [2.24, 2.45) is 7.05 Å². The SMILES string of the molecule is Cc1nn(C)cc1CN(C)c1ccc(Cn2nc(-c3nc(-c4ccc(OC(F)(F)F)cc4)no3)cc2C)cn1. The van der Waals surface area contributed by atoms with Crippen LogP contribution in [0, 0.1) is 13.8 Å². The number of aromatic nitrogens is 7. The number of pyridine rings is 1. The fraction of sp³-hybridized carbons (Fsp3) is 0.269. The molecule has 0 unspecified atom stereocenters. The van der Waals surface area contributed by atoms with Crippen molar-refractivity contribution in [3.8, 4) is 28.7 Å². The number of hydrogen-bond acceptors (Lipinski definition) is 8. The number of nitrogens with zero attached hydrogens (tertiary/aromatic N) is 8. The van der Waals surface area contributed by atoms with Crippen LogP contribution in [0.1, 0.15) is 22.5 Å². The van der Waals surface area contributed by atoms with Crippen LogP contribution in [0.5, 0.6) is 5.75 Å². The standard InChI is InChI=1S/C26H25F3N8O2/c1-16-11-22(25-31-24(34-39-25)19-6-8-21(9-7-19)38-26(27,28)29)33-37(16)13-18-5-10-23(30-12-18)35(3)14-20-15-36(4)32-17(20)2/h5-12,15H,13-14H2,1-4H3. The second-order valence-corrected chi connectivity index (χ2v) is 9.12. The molecule has 0 aliphatic rings. The van der Waals surface area contributed by atoms with Crippen LogP contribution in [-0.4, -0.2) is 48.1 Å². The van der Waals surface area contributed by atoms with Gasteiger partial charge in [-0.1, -0.05) is 11.2 Å². The van der Waals surface area contributed by atoms with Crippen LogP contribution >= 0.6 is 0 Å². The second-order valence-electron chi connectivity index (χ2n) is 9.12. The van der Waals surface area contributed by atoms with Gasteiger partial charge in [-0.15, -0.1) is 13.2 Å². The average molecular weight is 539 g/mol. The van der Waals surface area contributed by atoms with Crippen LogP contribution in [0.2, 0.25) is 0 Å². The lowest BCUT2D eigenvalue weighted by Crippen LogP contribution is -2.18. The zero-order valence-electron chi connectivity index (χ0n) is 21.6. The molecule has 1 aromatic carbocycles. The average Bonchev–Trinajstić information content (AvgIpc) is 3.58. The third kappa shape index (κ3) is 6.08. The highest BCUT2D eigenvalue weighted by atomic mass is 19.4. The van der Waals surface area contributed by atoms with Gasteiger partial charge < -0.3 is 14.2 Å². The molecule has 0 atom stereocenters. The highest BCUT2D eigenvalue weighted by molar-refractivity contribution is 5.59. The minimum atomic E-state index is -4.76. The smallest absolute Gasteiger partial charge is 0.406 e. The van der Waals surface area contributed by atoms with E-state index < -0.39 is 6.36 Å². The molecule has 0 N–H and O–H groups in total. The topological polar surface area (TPSA) is 99.9 Å². The minimum Gasteiger partial charge on any atom is -0.406 e. The Morgan fingerprint density at radius 1 is 1.05 bits per heavy atom. The van der Waals surface area contributed by atoms with Crippen LogP contribution in [0.3, 0.4) is 0 Å². The summed E-state index contributed by atoms with van der Waals surface area (Å²) >= 11 is 0. The fourth-order valence-corrected chi connectivity index (χ4v) is 4.07. The van der Waals surface area contributed by atoms with Crippen LogP contribution in [0.25, 0.3) is 23.0 Å². The number of ether oxygens (including phenoxy) is 1. The maximum absolute atomic E-state index is 12.4. The summed E-state index contributed by atoms with van der Waals surface area (Å²) in [7, 11) is 3.89. The van der Waals surface area contributed by atoms with Crippen molar-refractivity contribution in [2.45, 2.75) is 33.3 Å². The van der Waals surface area contributed by atoms with E-state index in [9.17, 15) is 13.2 Å². The molecule has 13 heteroatoms. The molecular weight excluding hydrogens is 513 g/mol. The Kier molecular flexibility index (Phi) is 6.81. The van der Waals surface area contributed by atoms with Gasteiger partial charge in [-0.2, -0.15) is 15.2 Å². The lowest BCUT2D eigenvalue weighted by molar-refractivity contribution is -0.274. The summed E-state index contributed by atoms with van der Waals surface area (Å²) < 4.78 is 50.0. The number of aryl methyl sites for hydroxylation is 3. The molecule has 0 saturated carbocycles. The van der Waals surface area contributed by atoms with Crippen molar-refractivity contribution >= 4 is 5.82 Å². The van der Waals surface area contributed by atoms with Gasteiger partial charge >= 0.3 is 6.36 Å². The van der Waals surface area contributed by atoms with E-state index in [1.807, 2.05) is 63.2 Å². The van der Waals surface area contributed by atoms with E-state index >= 15 is 0 Å². The first-order valence-corrected chi connectivity index (χ1v) is 11.9. The van der Waals surface area contributed by atoms with E-state index in [4.69, 9.17) is 4.52 Å². The molecule has 202 valence electrons.